The number of carbonyl (C=O) groups excluding carboxylic acids is 1. The summed E-state index contributed by atoms with van der Waals surface area (Å²) in [6.45, 7) is 2.23. The van der Waals surface area contributed by atoms with Gasteiger partial charge in [0.1, 0.15) is 0 Å². The van der Waals surface area contributed by atoms with Crippen molar-refractivity contribution in [3.05, 3.63) is 53.3 Å². The van der Waals surface area contributed by atoms with Crippen LogP contribution < -0.4 is 16.2 Å². The third-order valence-corrected chi connectivity index (χ3v) is 5.66. The van der Waals surface area contributed by atoms with Crippen molar-refractivity contribution in [1.82, 2.24) is 0 Å². The van der Waals surface area contributed by atoms with Crippen LogP contribution in [0.2, 0.25) is 0 Å². The van der Waals surface area contributed by atoms with Gasteiger partial charge in [0, 0.05) is 11.4 Å². The number of benzene rings is 2. The van der Waals surface area contributed by atoms with Crippen LogP contribution in [0.25, 0.3) is 0 Å². The van der Waals surface area contributed by atoms with E-state index in [1.54, 1.807) is 12.1 Å². The minimum Gasteiger partial charge on any atom is -0.420 e. The monoisotopic (exact) mass is 384 g/mol. The SMILES string of the molecule is CCCCC1CCC(c2ccc(OC(=O)c3cc(N)cc(N)c3)c(F)c2)CC1. The number of hydrogen-bond acceptors (Lipinski definition) is 4. The number of esters is 1. The van der Waals surface area contributed by atoms with E-state index in [-0.39, 0.29) is 11.3 Å². The molecule has 1 aliphatic rings. The van der Waals surface area contributed by atoms with Crippen LogP contribution in [-0.2, 0) is 0 Å². The molecule has 150 valence electrons. The third kappa shape index (κ3) is 5.03. The first-order valence-electron chi connectivity index (χ1n) is 10.1. The zero-order valence-electron chi connectivity index (χ0n) is 16.4. The highest BCUT2D eigenvalue weighted by molar-refractivity contribution is 5.93. The molecule has 1 fully saturated rings. The lowest BCUT2D eigenvalue weighted by Crippen LogP contribution is -2.14. The maximum absolute atomic E-state index is 14.6. The molecule has 0 amide bonds. The highest BCUT2D eigenvalue weighted by Gasteiger charge is 2.23. The van der Waals surface area contributed by atoms with Gasteiger partial charge < -0.3 is 16.2 Å². The molecular weight excluding hydrogens is 355 g/mol. The molecular formula is C23H29FN2O2. The Hall–Kier alpha value is -2.56. The first-order valence-corrected chi connectivity index (χ1v) is 10.1. The zero-order chi connectivity index (χ0) is 20.1. The van der Waals surface area contributed by atoms with E-state index in [9.17, 15) is 9.18 Å². The van der Waals surface area contributed by atoms with Crippen LogP contribution in [0.15, 0.2) is 36.4 Å². The van der Waals surface area contributed by atoms with Gasteiger partial charge >= 0.3 is 5.97 Å². The summed E-state index contributed by atoms with van der Waals surface area (Å²) in [6.07, 6.45) is 8.45. The van der Waals surface area contributed by atoms with E-state index >= 15 is 0 Å². The Balaban J connectivity index is 1.63. The molecule has 0 heterocycles. The number of carbonyl (C=O) groups is 1. The topological polar surface area (TPSA) is 78.3 Å². The van der Waals surface area contributed by atoms with Crippen molar-refractivity contribution < 1.29 is 13.9 Å². The Kier molecular flexibility index (Phi) is 6.55. The maximum Gasteiger partial charge on any atom is 0.343 e. The molecule has 5 heteroatoms. The van der Waals surface area contributed by atoms with Crippen LogP contribution in [0.4, 0.5) is 15.8 Å². The van der Waals surface area contributed by atoms with Gasteiger partial charge in [-0.2, -0.15) is 0 Å². The van der Waals surface area contributed by atoms with E-state index in [1.807, 2.05) is 6.07 Å². The highest BCUT2D eigenvalue weighted by Crippen LogP contribution is 2.38. The summed E-state index contributed by atoms with van der Waals surface area (Å²) >= 11 is 0. The average Bonchev–Trinajstić information content (AvgIpc) is 2.67. The molecule has 0 unspecified atom stereocenters. The van der Waals surface area contributed by atoms with Gasteiger partial charge in [0.15, 0.2) is 11.6 Å². The van der Waals surface area contributed by atoms with E-state index in [2.05, 4.69) is 6.92 Å². The van der Waals surface area contributed by atoms with Crippen LogP contribution in [0, 0.1) is 11.7 Å². The van der Waals surface area contributed by atoms with Crippen LogP contribution in [0.3, 0.4) is 0 Å². The van der Waals surface area contributed by atoms with Crippen molar-refractivity contribution in [3.63, 3.8) is 0 Å². The average molecular weight is 384 g/mol. The van der Waals surface area contributed by atoms with Gasteiger partial charge in [-0.15, -0.1) is 0 Å². The summed E-state index contributed by atoms with van der Waals surface area (Å²) < 4.78 is 19.8. The van der Waals surface area contributed by atoms with Gasteiger partial charge in [-0.3, -0.25) is 0 Å². The Morgan fingerprint density at radius 3 is 2.36 bits per heavy atom. The Morgan fingerprint density at radius 2 is 1.75 bits per heavy atom. The fourth-order valence-electron chi connectivity index (χ4n) is 4.08. The quantitative estimate of drug-likeness (QED) is 0.382. The third-order valence-electron chi connectivity index (χ3n) is 5.66. The molecule has 4 N–H and O–H groups in total. The molecule has 0 atom stereocenters. The largest absolute Gasteiger partial charge is 0.420 e. The normalized spacial score (nSPS) is 19.4. The molecule has 0 aromatic heterocycles. The molecule has 4 nitrogen and oxygen atoms in total. The van der Waals surface area contributed by atoms with Gasteiger partial charge in [-0.05, 0) is 73.4 Å². The van der Waals surface area contributed by atoms with E-state index in [0.29, 0.717) is 17.3 Å². The molecule has 0 bridgehead atoms. The maximum atomic E-state index is 14.6. The number of unbranched alkanes of at least 4 members (excludes halogenated alkanes) is 1. The number of nitrogen functional groups attached to an aromatic ring is 2. The van der Waals surface area contributed by atoms with Crippen LogP contribution >= 0.6 is 0 Å². The molecule has 0 saturated heterocycles. The number of anilines is 2. The molecule has 0 aliphatic heterocycles. The number of halogens is 1. The van der Waals surface area contributed by atoms with Crippen LogP contribution in [0.1, 0.15) is 73.7 Å². The summed E-state index contributed by atoms with van der Waals surface area (Å²) in [5.74, 6) is -0.0813. The van der Waals surface area contributed by atoms with E-state index in [4.69, 9.17) is 16.2 Å². The second kappa shape index (κ2) is 9.09. The fraction of sp³-hybridized carbons (Fsp3) is 0.435. The Morgan fingerprint density at radius 1 is 1.07 bits per heavy atom. The number of rotatable bonds is 6. The predicted molar refractivity (Wildman–Crippen MR) is 111 cm³/mol. The molecule has 0 radical (unpaired) electrons. The molecule has 28 heavy (non-hydrogen) atoms. The van der Waals surface area contributed by atoms with Gasteiger partial charge in [-0.1, -0.05) is 32.3 Å². The lowest BCUT2D eigenvalue weighted by molar-refractivity contribution is 0.0728. The van der Waals surface area contributed by atoms with Crippen LogP contribution in [0.5, 0.6) is 5.75 Å². The zero-order valence-corrected chi connectivity index (χ0v) is 16.4. The Labute approximate surface area is 166 Å². The summed E-state index contributed by atoms with van der Waals surface area (Å²) in [6, 6.07) is 9.39. The number of hydrogen-bond donors (Lipinski definition) is 2. The smallest absolute Gasteiger partial charge is 0.343 e. The van der Waals surface area contributed by atoms with Crippen molar-refractivity contribution in [1.29, 1.82) is 0 Å². The predicted octanol–water partition coefficient (Wildman–Crippen LogP) is 5.67. The molecule has 1 saturated carbocycles. The second-order valence-corrected chi connectivity index (χ2v) is 7.83. The second-order valence-electron chi connectivity index (χ2n) is 7.83. The van der Waals surface area contributed by atoms with Gasteiger partial charge in [0.05, 0.1) is 5.56 Å². The highest BCUT2D eigenvalue weighted by atomic mass is 19.1. The van der Waals surface area contributed by atoms with Crippen LogP contribution in [-0.4, -0.2) is 5.97 Å². The minimum absolute atomic E-state index is 0.0774. The molecule has 0 spiro atoms. The summed E-state index contributed by atoms with van der Waals surface area (Å²) in [5, 5.41) is 0. The summed E-state index contributed by atoms with van der Waals surface area (Å²) in [7, 11) is 0. The molecule has 3 rings (SSSR count). The number of ether oxygens (including phenoxy) is 1. The van der Waals surface area contributed by atoms with E-state index in [1.165, 1.54) is 50.3 Å². The van der Waals surface area contributed by atoms with Crippen molar-refractivity contribution >= 4 is 17.3 Å². The van der Waals surface area contributed by atoms with E-state index < -0.39 is 11.8 Å². The van der Waals surface area contributed by atoms with Gasteiger partial charge in [-0.25, -0.2) is 9.18 Å². The lowest BCUT2D eigenvalue weighted by Gasteiger charge is -2.29. The number of nitrogens with two attached hydrogens (primary N) is 2. The summed E-state index contributed by atoms with van der Waals surface area (Å²) in [4.78, 5) is 12.3. The lowest BCUT2D eigenvalue weighted by atomic mass is 9.77. The first-order chi connectivity index (χ1) is 13.5. The summed E-state index contributed by atoms with van der Waals surface area (Å²) in [5.41, 5.74) is 13.3. The minimum atomic E-state index is -0.679. The van der Waals surface area contributed by atoms with Crippen molar-refractivity contribution in [2.75, 3.05) is 11.5 Å². The van der Waals surface area contributed by atoms with E-state index in [0.717, 1.165) is 24.3 Å². The van der Waals surface area contributed by atoms with Crippen molar-refractivity contribution in [3.8, 4) is 5.75 Å². The van der Waals surface area contributed by atoms with Crippen molar-refractivity contribution in [2.24, 2.45) is 5.92 Å². The fourth-order valence-corrected chi connectivity index (χ4v) is 4.08. The molecule has 1 aliphatic carbocycles. The standard InChI is InChI=1S/C23H29FN2O2/c1-2-3-4-15-5-7-16(8-6-15)17-9-10-22(21(24)13-17)28-23(27)18-11-19(25)14-20(26)12-18/h9-16H,2-8,25-26H2,1H3. The Bertz CT molecular complexity index is 809. The molecule has 2 aromatic rings. The first kappa shape index (κ1) is 20.2. The van der Waals surface area contributed by atoms with Gasteiger partial charge in [0.2, 0.25) is 0 Å². The molecule has 2 aromatic carbocycles. The van der Waals surface area contributed by atoms with Gasteiger partial charge in [0.25, 0.3) is 0 Å². The van der Waals surface area contributed by atoms with Crippen molar-refractivity contribution in [2.45, 2.75) is 57.8 Å².